The normalized spacial score (nSPS) is 30.0. The lowest BCUT2D eigenvalue weighted by Gasteiger charge is -2.34. The highest BCUT2D eigenvalue weighted by molar-refractivity contribution is 4.80. The summed E-state index contributed by atoms with van der Waals surface area (Å²) in [4.78, 5) is 0. The third-order valence-electron chi connectivity index (χ3n) is 2.11. The van der Waals surface area contributed by atoms with Gasteiger partial charge in [-0.15, -0.1) is 0 Å². The lowest BCUT2D eigenvalue weighted by atomic mass is 9.82. The minimum Gasteiger partial charge on any atom is -0.359 e. The first-order valence-electron chi connectivity index (χ1n) is 4.12. The van der Waals surface area contributed by atoms with E-state index in [1.54, 1.807) is 7.11 Å². The molecule has 0 amide bonds. The van der Waals surface area contributed by atoms with Gasteiger partial charge < -0.3 is 14.8 Å². The molecule has 0 radical (unpaired) electrons. The highest BCUT2D eigenvalue weighted by Crippen LogP contribution is 2.29. The molecule has 0 saturated heterocycles. The fraction of sp³-hybridized carbons (Fsp3) is 1.00. The van der Waals surface area contributed by atoms with Crippen molar-refractivity contribution >= 4 is 0 Å². The van der Waals surface area contributed by atoms with Crippen LogP contribution in [0.25, 0.3) is 0 Å². The van der Waals surface area contributed by atoms with Crippen molar-refractivity contribution in [3.8, 4) is 0 Å². The Morgan fingerprint density at radius 2 is 2.18 bits per heavy atom. The zero-order valence-corrected chi connectivity index (χ0v) is 7.30. The van der Waals surface area contributed by atoms with Crippen LogP contribution in [0.1, 0.15) is 12.8 Å². The van der Waals surface area contributed by atoms with Gasteiger partial charge in [0.25, 0.3) is 0 Å². The smallest absolute Gasteiger partial charge is 0.146 e. The molecule has 0 unspecified atom stereocenters. The quantitative estimate of drug-likeness (QED) is 0.596. The molecule has 0 atom stereocenters. The second kappa shape index (κ2) is 4.70. The molecule has 66 valence electrons. The van der Waals surface area contributed by atoms with Crippen molar-refractivity contribution in [3.05, 3.63) is 0 Å². The summed E-state index contributed by atoms with van der Waals surface area (Å²) < 4.78 is 10.2. The molecule has 0 bridgehead atoms. The molecule has 1 aliphatic carbocycles. The Bertz CT molecular complexity index is 102. The molecule has 0 aromatic carbocycles. The van der Waals surface area contributed by atoms with Crippen molar-refractivity contribution in [1.82, 2.24) is 5.32 Å². The van der Waals surface area contributed by atoms with Crippen LogP contribution < -0.4 is 5.32 Å². The number of hydrogen-bond donors (Lipinski definition) is 1. The first kappa shape index (κ1) is 8.97. The van der Waals surface area contributed by atoms with Crippen LogP contribution in [0.5, 0.6) is 0 Å². The minimum absolute atomic E-state index is 0.441. The molecule has 0 aromatic heterocycles. The first-order valence-corrected chi connectivity index (χ1v) is 4.12. The van der Waals surface area contributed by atoms with E-state index in [4.69, 9.17) is 9.47 Å². The molecule has 3 nitrogen and oxygen atoms in total. The van der Waals surface area contributed by atoms with E-state index in [1.807, 2.05) is 7.05 Å². The van der Waals surface area contributed by atoms with Gasteiger partial charge >= 0.3 is 0 Å². The summed E-state index contributed by atoms with van der Waals surface area (Å²) in [6.45, 7) is 1.56. The summed E-state index contributed by atoms with van der Waals surface area (Å²) in [5.74, 6) is 0.821. The molecule has 1 rings (SSSR count). The SMILES string of the molecule is CNCC1CC(OCOC)C1. The van der Waals surface area contributed by atoms with Crippen molar-refractivity contribution in [1.29, 1.82) is 0 Å². The number of ether oxygens (including phenoxy) is 2. The third kappa shape index (κ3) is 2.77. The predicted octanol–water partition coefficient (Wildman–Crippen LogP) is 0.605. The van der Waals surface area contributed by atoms with Gasteiger partial charge in [-0.05, 0) is 32.4 Å². The fourth-order valence-corrected chi connectivity index (χ4v) is 1.43. The van der Waals surface area contributed by atoms with Crippen molar-refractivity contribution in [3.63, 3.8) is 0 Å². The monoisotopic (exact) mass is 159 g/mol. The van der Waals surface area contributed by atoms with Gasteiger partial charge in [-0.25, -0.2) is 0 Å². The van der Waals surface area contributed by atoms with Crippen molar-refractivity contribution in [2.45, 2.75) is 18.9 Å². The highest BCUT2D eigenvalue weighted by Gasteiger charge is 2.28. The Kier molecular flexibility index (Phi) is 3.83. The van der Waals surface area contributed by atoms with Gasteiger partial charge in [0, 0.05) is 7.11 Å². The third-order valence-corrected chi connectivity index (χ3v) is 2.11. The van der Waals surface area contributed by atoms with Crippen LogP contribution in [0.3, 0.4) is 0 Å². The van der Waals surface area contributed by atoms with E-state index >= 15 is 0 Å². The van der Waals surface area contributed by atoms with E-state index < -0.39 is 0 Å². The molecular formula is C8H17NO2. The second-order valence-electron chi connectivity index (χ2n) is 3.09. The standard InChI is InChI=1S/C8H17NO2/c1-9-5-7-3-8(4-7)11-6-10-2/h7-9H,3-6H2,1-2H3. The summed E-state index contributed by atoms with van der Waals surface area (Å²) in [6.07, 6.45) is 2.82. The van der Waals surface area contributed by atoms with Gasteiger partial charge in [0.1, 0.15) is 6.79 Å². The fourth-order valence-electron chi connectivity index (χ4n) is 1.43. The summed E-state index contributed by atoms with van der Waals surface area (Å²) in [5, 5.41) is 3.16. The van der Waals surface area contributed by atoms with Gasteiger partial charge in [0.15, 0.2) is 0 Å². The van der Waals surface area contributed by atoms with Gasteiger partial charge in [0.2, 0.25) is 0 Å². The van der Waals surface area contributed by atoms with E-state index in [-0.39, 0.29) is 0 Å². The molecule has 11 heavy (non-hydrogen) atoms. The largest absolute Gasteiger partial charge is 0.359 e. The minimum atomic E-state index is 0.441. The molecule has 0 aromatic rings. The molecule has 1 fully saturated rings. The van der Waals surface area contributed by atoms with E-state index in [1.165, 1.54) is 12.8 Å². The number of hydrogen-bond acceptors (Lipinski definition) is 3. The maximum absolute atomic E-state index is 5.35. The number of methoxy groups -OCH3 is 1. The summed E-state index contributed by atoms with van der Waals surface area (Å²) >= 11 is 0. The first-order chi connectivity index (χ1) is 5.36. The number of rotatable bonds is 5. The van der Waals surface area contributed by atoms with Gasteiger partial charge in [-0.3, -0.25) is 0 Å². The van der Waals surface area contributed by atoms with E-state index in [2.05, 4.69) is 5.32 Å². The average Bonchev–Trinajstić information content (AvgIpc) is 1.94. The maximum Gasteiger partial charge on any atom is 0.146 e. The lowest BCUT2D eigenvalue weighted by Crippen LogP contribution is -2.37. The van der Waals surface area contributed by atoms with Crippen molar-refractivity contribution < 1.29 is 9.47 Å². The van der Waals surface area contributed by atoms with Crippen molar-refractivity contribution in [2.75, 3.05) is 27.5 Å². The van der Waals surface area contributed by atoms with Gasteiger partial charge in [-0.2, -0.15) is 0 Å². The Morgan fingerprint density at radius 3 is 2.73 bits per heavy atom. The predicted molar refractivity (Wildman–Crippen MR) is 43.4 cm³/mol. The Labute approximate surface area is 68.1 Å². The average molecular weight is 159 g/mol. The van der Waals surface area contributed by atoms with E-state index in [9.17, 15) is 0 Å². The van der Waals surface area contributed by atoms with Gasteiger partial charge in [-0.1, -0.05) is 0 Å². The zero-order valence-electron chi connectivity index (χ0n) is 7.30. The highest BCUT2D eigenvalue weighted by atomic mass is 16.7. The van der Waals surface area contributed by atoms with Crippen LogP contribution in [0.4, 0.5) is 0 Å². The van der Waals surface area contributed by atoms with Crippen LogP contribution in [-0.4, -0.2) is 33.6 Å². The Morgan fingerprint density at radius 1 is 1.45 bits per heavy atom. The zero-order chi connectivity index (χ0) is 8.10. The second-order valence-corrected chi connectivity index (χ2v) is 3.09. The van der Waals surface area contributed by atoms with E-state index in [0.29, 0.717) is 12.9 Å². The lowest BCUT2D eigenvalue weighted by molar-refractivity contribution is -0.112. The number of nitrogens with one attached hydrogen (secondary N) is 1. The van der Waals surface area contributed by atoms with E-state index in [0.717, 1.165) is 12.5 Å². The summed E-state index contributed by atoms with van der Waals surface area (Å²) in [5.41, 5.74) is 0. The van der Waals surface area contributed by atoms with Crippen LogP contribution in [-0.2, 0) is 9.47 Å². The molecular weight excluding hydrogens is 142 g/mol. The molecule has 0 heterocycles. The van der Waals surface area contributed by atoms with Crippen LogP contribution >= 0.6 is 0 Å². The van der Waals surface area contributed by atoms with Crippen molar-refractivity contribution in [2.24, 2.45) is 5.92 Å². The molecule has 1 aliphatic rings. The Balaban J connectivity index is 1.92. The Hall–Kier alpha value is -0.120. The molecule has 0 spiro atoms. The van der Waals surface area contributed by atoms with Crippen LogP contribution in [0.15, 0.2) is 0 Å². The molecule has 1 N–H and O–H groups in total. The van der Waals surface area contributed by atoms with Crippen LogP contribution in [0.2, 0.25) is 0 Å². The summed E-state index contributed by atoms with van der Waals surface area (Å²) in [7, 11) is 3.65. The molecule has 3 heteroatoms. The topological polar surface area (TPSA) is 30.5 Å². The van der Waals surface area contributed by atoms with Crippen LogP contribution in [0, 0.1) is 5.92 Å². The summed E-state index contributed by atoms with van der Waals surface area (Å²) in [6, 6.07) is 0. The molecule has 1 saturated carbocycles. The van der Waals surface area contributed by atoms with Gasteiger partial charge in [0.05, 0.1) is 6.10 Å². The maximum atomic E-state index is 5.35. The molecule has 0 aliphatic heterocycles.